The maximum Gasteiger partial charge on any atom is 0.167 e. The standard InChI is InChI=1S/C23H24BrNO3/c1-16-5-4-6-17(13-16)15-28-23-20(21(24)11-12-22(23)27-3)14-25-18-7-9-19(26-2)10-8-18/h4-13,25H,14-15H2,1-3H3. The number of benzene rings is 3. The number of hydrogen-bond acceptors (Lipinski definition) is 4. The summed E-state index contributed by atoms with van der Waals surface area (Å²) in [7, 11) is 3.32. The molecule has 0 aliphatic rings. The molecule has 1 N–H and O–H groups in total. The Hall–Kier alpha value is -2.66. The van der Waals surface area contributed by atoms with E-state index in [1.807, 2.05) is 42.5 Å². The van der Waals surface area contributed by atoms with Crippen LogP contribution >= 0.6 is 15.9 Å². The number of anilines is 1. The molecule has 0 spiro atoms. The van der Waals surface area contributed by atoms with Gasteiger partial charge in [-0.3, -0.25) is 0 Å². The van der Waals surface area contributed by atoms with Crippen LogP contribution in [-0.4, -0.2) is 14.2 Å². The summed E-state index contributed by atoms with van der Waals surface area (Å²) in [5.74, 6) is 2.28. The van der Waals surface area contributed by atoms with E-state index in [0.29, 0.717) is 18.9 Å². The highest BCUT2D eigenvalue weighted by Crippen LogP contribution is 2.37. The van der Waals surface area contributed by atoms with Crippen molar-refractivity contribution in [2.75, 3.05) is 19.5 Å². The number of halogens is 1. The van der Waals surface area contributed by atoms with Gasteiger partial charge in [-0.2, -0.15) is 0 Å². The summed E-state index contributed by atoms with van der Waals surface area (Å²) in [5.41, 5.74) is 4.34. The van der Waals surface area contributed by atoms with Gasteiger partial charge < -0.3 is 19.5 Å². The molecule has 3 aromatic carbocycles. The van der Waals surface area contributed by atoms with Crippen LogP contribution < -0.4 is 19.5 Å². The number of methoxy groups -OCH3 is 2. The highest BCUT2D eigenvalue weighted by Gasteiger charge is 2.15. The third kappa shape index (κ3) is 4.98. The molecule has 0 unspecified atom stereocenters. The summed E-state index contributed by atoms with van der Waals surface area (Å²) in [6.45, 7) is 3.14. The zero-order chi connectivity index (χ0) is 19.9. The van der Waals surface area contributed by atoms with Crippen molar-refractivity contribution in [1.29, 1.82) is 0 Å². The molecule has 146 valence electrons. The Morgan fingerprint density at radius 1 is 0.929 bits per heavy atom. The SMILES string of the molecule is COc1ccc(NCc2c(Br)ccc(OC)c2OCc2cccc(C)c2)cc1. The highest BCUT2D eigenvalue weighted by atomic mass is 79.9. The molecule has 0 radical (unpaired) electrons. The third-order valence-electron chi connectivity index (χ3n) is 4.41. The maximum absolute atomic E-state index is 6.19. The average Bonchev–Trinajstić information content (AvgIpc) is 2.72. The number of ether oxygens (including phenoxy) is 3. The van der Waals surface area contributed by atoms with Crippen LogP contribution in [0.4, 0.5) is 5.69 Å². The van der Waals surface area contributed by atoms with Crippen LogP contribution in [0, 0.1) is 6.92 Å². The van der Waals surface area contributed by atoms with Crippen molar-refractivity contribution in [3.8, 4) is 17.2 Å². The van der Waals surface area contributed by atoms with Gasteiger partial charge in [0.25, 0.3) is 0 Å². The molecule has 0 atom stereocenters. The minimum atomic E-state index is 0.476. The lowest BCUT2D eigenvalue weighted by molar-refractivity contribution is 0.281. The van der Waals surface area contributed by atoms with Crippen LogP contribution in [0.2, 0.25) is 0 Å². The van der Waals surface area contributed by atoms with Crippen molar-refractivity contribution in [1.82, 2.24) is 0 Å². The van der Waals surface area contributed by atoms with Gasteiger partial charge in [-0.1, -0.05) is 45.8 Å². The van der Waals surface area contributed by atoms with Crippen LogP contribution in [0.5, 0.6) is 17.2 Å². The maximum atomic E-state index is 6.19. The molecular weight excluding hydrogens is 418 g/mol. The summed E-state index contributed by atoms with van der Waals surface area (Å²) >= 11 is 3.65. The minimum absolute atomic E-state index is 0.476. The second-order valence-electron chi connectivity index (χ2n) is 6.42. The molecule has 3 aromatic rings. The fraction of sp³-hybridized carbons (Fsp3) is 0.217. The van der Waals surface area contributed by atoms with E-state index in [0.717, 1.165) is 32.8 Å². The van der Waals surface area contributed by atoms with Gasteiger partial charge in [0.1, 0.15) is 12.4 Å². The molecule has 3 rings (SSSR count). The summed E-state index contributed by atoms with van der Waals surface area (Å²) in [5, 5.41) is 3.43. The van der Waals surface area contributed by atoms with Gasteiger partial charge in [-0.05, 0) is 48.9 Å². The Labute approximate surface area is 174 Å². The van der Waals surface area contributed by atoms with Gasteiger partial charge in [0, 0.05) is 22.3 Å². The van der Waals surface area contributed by atoms with E-state index in [4.69, 9.17) is 14.2 Å². The molecule has 4 nitrogen and oxygen atoms in total. The molecule has 0 aliphatic heterocycles. The number of hydrogen-bond donors (Lipinski definition) is 1. The molecule has 0 saturated carbocycles. The predicted molar refractivity (Wildman–Crippen MR) is 117 cm³/mol. The van der Waals surface area contributed by atoms with Gasteiger partial charge in [-0.25, -0.2) is 0 Å². The average molecular weight is 442 g/mol. The molecule has 0 amide bonds. The summed E-state index contributed by atoms with van der Waals surface area (Å²) in [4.78, 5) is 0. The molecular formula is C23H24BrNO3. The van der Waals surface area contributed by atoms with Gasteiger partial charge in [0.05, 0.1) is 14.2 Å². The van der Waals surface area contributed by atoms with Crippen molar-refractivity contribution in [2.45, 2.75) is 20.1 Å². The van der Waals surface area contributed by atoms with Crippen molar-refractivity contribution < 1.29 is 14.2 Å². The highest BCUT2D eigenvalue weighted by molar-refractivity contribution is 9.10. The number of rotatable bonds is 8. The normalized spacial score (nSPS) is 10.4. The zero-order valence-electron chi connectivity index (χ0n) is 16.3. The van der Waals surface area contributed by atoms with E-state index < -0.39 is 0 Å². The lowest BCUT2D eigenvalue weighted by Gasteiger charge is -2.18. The van der Waals surface area contributed by atoms with Crippen molar-refractivity contribution >= 4 is 21.6 Å². The second-order valence-corrected chi connectivity index (χ2v) is 7.27. The first-order chi connectivity index (χ1) is 13.6. The first-order valence-electron chi connectivity index (χ1n) is 9.02. The van der Waals surface area contributed by atoms with E-state index in [9.17, 15) is 0 Å². The molecule has 0 bridgehead atoms. The largest absolute Gasteiger partial charge is 0.497 e. The second kappa shape index (κ2) is 9.51. The van der Waals surface area contributed by atoms with Crippen LogP contribution in [0.15, 0.2) is 65.1 Å². The molecule has 0 heterocycles. The first-order valence-corrected chi connectivity index (χ1v) is 9.81. The van der Waals surface area contributed by atoms with Gasteiger partial charge in [0.2, 0.25) is 0 Å². The molecule has 0 aromatic heterocycles. The topological polar surface area (TPSA) is 39.7 Å². The summed E-state index contributed by atoms with van der Waals surface area (Å²) in [6, 6.07) is 20.0. The summed E-state index contributed by atoms with van der Waals surface area (Å²) < 4.78 is 17.9. The smallest absolute Gasteiger partial charge is 0.167 e. The van der Waals surface area contributed by atoms with Gasteiger partial charge in [-0.15, -0.1) is 0 Å². The van der Waals surface area contributed by atoms with Crippen molar-refractivity contribution in [2.24, 2.45) is 0 Å². The summed E-state index contributed by atoms with van der Waals surface area (Å²) in [6.07, 6.45) is 0. The zero-order valence-corrected chi connectivity index (χ0v) is 17.9. The van der Waals surface area contributed by atoms with Crippen LogP contribution in [0.25, 0.3) is 0 Å². The van der Waals surface area contributed by atoms with E-state index in [2.05, 4.69) is 46.4 Å². The third-order valence-corrected chi connectivity index (χ3v) is 5.16. The number of nitrogens with one attached hydrogen (secondary N) is 1. The number of aryl methyl sites for hydroxylation is 1. The molecule has 0 aliphatic carbocycles. The van der Waals surface area contributed by atoms with E-state index in [1.165, 1.54) is 5.56 Å². The Balaban J connectivity index is 1.80. The Bertz CT molecular complexity index is 926. The van der Waals surface area contributed by atoms with Crippen LogP contribution in [-0.2, 0) is 13.2 Å². The van der Waals surface area contributed by atoms with E-state index in [-0.39, 0.29) is 0 Å². The fourth-order valence-corrected chi connectivity index (χ4v) is 3.38. The molecule has 28 heavy (non-hydrogen) atoms. The van der Waals surface area contributed by atoms with E-state index in [1.54, 1.807) is 14.2 Å². The Morgan fingerprint density at radius 3 is 2.39 bits per heavy atom. The lowest BCUT2D eigenvalue weighted by Crippen LogP contribution is -2.06. The minimum Gasteiger partial charge on any atom is -0.497 e. The van der Waals surface area contributed by atoms with Crippen molar-refractivity contribution in [3.05, 3.63) is 81.8 Å². The monoisotopic (exact) mass is 441 g/mol. The van der Waals surface area contributed by atoms with Crippen LogP contribution in [0.1, 0.15) is 16.7 Å². The molecule has 0 saturated heterocycles. The first kappa shape index (κ1) is 20.1. The fourth-order valence-electron chi connectivity index (χ4n) is 2.92. The molecule has 0 fully saturated rings. The predicted octanol–water partition coefficient (Wildman–Crippen LogP) is 5.97. The quantitative estimate of drug-likeness (QED) is 0.467. The molecule has 5 heteroatoms. The van der Waals surface area contributed by atoms with Crippen LogP contribution in [0.3, 0.4) is 0 Å². The Kier molecular flexibility index (Phi) is 6.82. The van der Waals surface area contributed by atoms with Gasteiger partial charge in [0.15, 0.2) is 11.5 Å². The van der Waals surface area contributed by atoms with Gasteiger partial charge >= 0.3 is 0 Å². The Morgan fingerprint density at radius 2 is 1.71 bits per heavy atom. The van der Waals surface area contributed by atoms with E-state index >= 15 is 0 Å². The lowest BCUT2D eigenvalue weighted by atomic mass is 10.1. The van der Waals surface area contributed by atoms with Crippen molar-refractivity contribution in [3.63, 3.8) is 0 Å².